The summed E-state index contributed by atoms with van der Waals surface area (Å²) in [5.41, 5.74) is 15.2. The maximum atomic E-state index is 2.40. The van der Waals surface area contributed by atoms with Crippen LogP contribution in [0.2, 0.25) is 0 Å². The van der Waals surface area contributed by atoms with Crippen molar-refractivity contribution in [3.05, 3.63) is 206 Å². The quantitative estimate of drug-likeness (QED) is 0.160. The summed E-state index contributed by atoms with van der Waals surface area (Å²) in [7, 11) is 0. The first-order valence-electron chi connectivity index (χ1n) is 19.5. The van der Waals surface area contributed by atoms with E-state index in [9.17, 15) is 0 Å². The Morgan fingerprint density at radius 2 is 0.589 bits per heavy atom. The van der Waals surface area contributed by atoms with E-state index in [0.29, 0.717) is 0 Å². The first-order valence-corrected chi connectivity index (χ1v) is 19.5. The SMILES string of the molecule is c1ccc2c(c1)-c1cccc3c1c-2cc1ccc2cc(-c4ccc(-c5ccc6cc(-c7ccc(-c8ccc9ccccc9c8)cc7)ccc6c5)cc4)ccc2c13. The lowest BCUT2D eigenvalue weighted by Gasteiger charge is -2.12. The van der Waals surface area contributed by atoms with Crippen molar-refractivity contribution in [2.45, 2.75) is 0 Å². The van der Waals surface area contributed by atoms with Gasteiger partial charge in [-0.2, -0.15) is 0 Å². The zero-order valence-electron chi connectivity index (χ0n) is 30.6. The van der Waals surface area contributed by atoms with Gasteiger partial charge in [0.1, 0.15) is 0 Å². The number of hydrogen-bond acceptors (Lipinski definition) is 0. The minimum absolute atomic E-state index is 1.22. The number of fused-ring (bicyclic) bond motifs is 9. The molecule has 258 valence electrons. The van der Waals surface area contributed by atoms with Crippen molar-refractivity contribution < 1.29 is 0 Å². The van der Waals surface area contributed by atoms with Crippen LogP contribution >= 0.6 is 0 Å². The second-order valence-corrected chi connectivity index (χ2v) is 15.3. The van der Waals surface area contributed by atoms with Gasteiger partial charge in [-0.15, -0.1) is 0 Å². The van der Waals surface area contributed by atoms with E-state index in [-0.39, 0.29) is 0 Å². The Bertz CT molecular complexity index is 3380. The molecule has 0 unspecified atom stereocenters. The van der Waals surface area contributed by atoms with Gasteiger partial charge in [0.15, 0.2) is 0 Å². The molecule has 1 aliphatic carbocycles. The minimum Gasteiger partial charge on any atom is -0.0616 e. The maximum Gasteiger partial charge on any atom is -0.00197 e. The molecule has 0 saturated carbocycles. The molecule has 0 N–H and O–H groups in total. The fourth-order valence-electron chi connectivity index (χ4n) is 9.30. The number of hydrogen-bond donors (Lipinski definition) is 0. The fraction of sp³-hybridized carbons (Fsp3) is 0. The average Bonchev–Trinajstić information content (AvgIpc) is 3.59. The summed E-state index contributed by atoms with van der Waals surface area (Å²) in [6.45, 7) is 0. The molecule has 0 amide bonds. The van der Waals surface area contributed by atoms with Crippen LogP contribution < -0.4 is 0 Å². The second kappa shape index (κ2) is 12.1. The van der Waals surface area contributed by atoms with Gasteiger partial charge in [0, 0.05) is 0 Å². The standard InChI is InChI=1S/C56H34/c1-2-7-40-30-41(21-20-35(40)6-1)36-12-14-37(15-13-36)42-22-24-46-32-43(23-25-45(46)31-42)38-16-18-39(19-17-38)44-28-29-49-47(33-44)26-27-48-34-54-51-9-4-3-8-50(51)52-10-5-11-53(55(48)49)56(52)54/h1-34H. The Balaban J connectivity index is 0.824. The Kier molecular flexibility index (Phi) is 6.73. The Labute approximate surface area is 325 Å². The second-order valence-electron chi connectivity index (χ2n) is 15.3. The third-order valence-electron chi connectivity index (χ3n) is 12.2. The van der Waals surface area contributed by atoms with Crippen molar-refractivity contribution in [3.8, 4) is 66.8 Å². The van der Waals surface area contributed by atoms with Gasteiger partial charge in [0.2, 0.25) is 0 Å². The molecule has 1 aliphatic rings. The largest absolute Gasteiger partial charge is 0.0616 e. The van der Waals surface area contributed by atoms with Gasteiger partial charge in [-0.05, 0) is 151 Å². The molecule has 56 heavy (non-hydrogen) atoms. The molecule has 0 spiro atoms. The van der Waals surface area contributed by atoms with Crippen LogP contribution in [0, 0.1) is 0 Å². The van der Waals surface area contributed by atoms with Gasteiger partial charge < -0.3 is 0 Å². The third-order valence-corrected chi connectivity index (χ3v) is 12.2. The normalized spacial score (nSPS) is 11.9. The molecule has 0 radical (unpaired) electrons. The lowest BCUT2D eigenvalue weighted by atomic mass is 9.91. The van der Waals surface area contributed by atoms with Crippen molar-refractivity contribution >= 4 is 53.9 Å². The van der Waals surface area contributed by atoms with Crippen LogP contribution in [0.15, 0.2) is 206 Å². The molecular formula is C56H34. The van der Waals surface area contributed by atoms with Gasteiger partial charge in [0.25, 0.3) is 0 Å². The number of rotatable bonds is 4. The first kappa shape index (κ1) is 31.1. The predicted molar refractivity (Wildman–Crippen MR) is 240 cm³/mol. The summed E-state index contributed by atoms with van der Waals surface area (Å²) in [5, 5.41) is 13.0. The highest BCUT2D eigenvalue weighted by Crippen LogP contribution is 2.50. The molecule has 12 rings (SSSR count). The van der Waals surface area contributed by atoms with E-state index >= 15 is 0 Å². The summed E-state index contributed by atoms with van der Waals surface area (Å²) < 4.78 is 0. The molecule has 0 nitrogen and oxygen atoms in total. The van der Waals surface area contributed by atoms with Crippen LogP contribution in [0.5, 0.6) is 0 Å². The summed E-state index contributed by atoms with van der Waals surface area (Å²) in [6.07, 6.45) is 0. The van der Waals surface area contributed by atoms with E-state index in [2.05, 4.69) is 206 Å². The van der Waals surface area contributed by atoms with Crippen LogP contribution in [-0.4, -0.2) is 0 Å². The van der Waals surface area contributed by atoms with E-state index in [1.165, 1.54) is 121 Å². The van der Waals surface area contributed by atoms with Gasteiger partial charge >= 0.3 is 0 Å². The van der Waals surface area contributed by atoms with Crippen LogP contribution in [0.4, 0.5) is 0 Å². The summed E-state index contributed by atoms with van der Waals surface area (Å²) in [6, 6.07) is 76.5. The molecule has 0 aromatic heterocycles. The molecule has 0 atom stereocenters. The van der Waals surface area contributed by atoms with E-state index in [1.807, 2.05) is 0 Å². The van der Waals surface area contributed by atoms with Crippen LogP contribution in [-0.2, 0) is 0 Å². The topological polar surface area (TPSA) is 0 Å². The molecule has 11 aromatic carbocycles. The van der Waals surface area contributed by atoms with Gasteiger partial charge in [-0.1, -0.05) is 176 Å². The first-order chi connectivity index (χ1) is 27.7. The van der Waals surface area contributed by atoms with Crippen molar-refractivity contribution in [1.82, 2.24) is 0 Å². The molecule has 0 saturated heterocycles. The van der Waals surface area contributed by atoms with E-state index in [1.54, 1.807) is 0 Å². The maximum absolute atomic E-state index is 2.40. The smallest absolute Gasteiger partial charge is 0.00197 e. The highest BCUT2D eigenvalue weighted by Gasteiger charge is 2.22. The molecule has 0 heteroatoms. The lowest BCUT2D eigenvalue weighted by Crippen LogP contribution is -1.85. The predicted octanol–water partition coefficient (Wildman–Crippen LogP) is 15.8. The zero-order chi connectivity index (χ0) is 36.7. The summed E-state index contributed by atoms with van der Waals surface area (Å²) >= 11 is 0. The molecule has 0 aliphatic heterocycles. The van der Waals surface area contributed by atoms with Crippen molar-refractivity contribution in [2.75, 3.05) is 0 Å². The van der Waals surface area contributed by atoms with Crippen LogP contribution in [0.3, 0.4) is 0 Å². The van der Waals surface area contributed by atoms with Gasteiger partial charge in [0.05, 0.1) is 0 Å². The third kappa shape index (κ3) is 4.86. The number of benzene rings is 11. The fourth-order valence-corrected chi connectivity index (χ4v) is 9.30. The molecule has 11 aromatic rings. The zero-order valence-corrected chi connectivity index (χ0v) is 30.6. The molecule has 0 fully saturated rings. The van der Waals surface area contributed by atoms with Crippen LogP contribution in [0.1, 0.15) is 0 Å². The van der Waals surface area contributed by atoms with Crippen molar-refractivity contribution in [1.29, 1.82) is 0 Å². The minimum atomic E-state index is 1.22. The van der Waals surface area contributed by atoms with Crippen LogP contribution in [0.25, 0.3) is 121 Å². The van der Waals surface area contributed by atoms with Crippen molar-refractivity contribution in [2.24, 2.45) is 0 Å². The Hall–Kier alpha value is -7.28. The summed E-state index contributed by atoms with van der Waals surface area (Å²) in [4.78, 5) is 0. The average molecular weight is 707 g/mol. The van der Waals surface area contributed by atoms with E-state index in [4.69, 9.17) is 0 Å². The van der Waals surface area contributed by atoms with E-state index < -0.39 is 0 Å². The highest BCUT2D eigenvalue weighted by molar-refractivity contribution is 6.28. The van der Waals surface area contributed by atoms with Crippen molar-refractivity contribution in [3.63, 3.8) is 0 Å². The molecule has 0 bridgehead atoms. The highest BCUT2D eigenvalue weighted by atomic mass is 14.3. The van der Waals surface area contributed by atoms with E-state index in [0.717, 1.165) is 0 Å². The molecule has 0 heterocycles. The Morgan fingerprint density at radius 1 is 0.179 bits per heavy atom. The Morgan fingerprint density at radius 3 is 1.20 bits per heavy atom. The lowest BCUT2D eigenvalue weighted by molar-refractivity contribution is 1.60. The monoisotopic (exact) mass is 706 g/mol. The summed E-state index contributed by atoms with van der Waals surface area (Å²) in [5.74, 6) is 0. The van der Waals surface area contributed by atoms with Gasteiger partial charge in [-0.3, -0.25) is 0 Å². The van der Waals surface area contributed by atoms with Gasteiger partial charge in [-0.25, -0.2) is 0 Å². The molecular weight excluding hydrogens is 673 g/mol.